The summed E-state index contributed by atoms with van der Waals surface area (Å²) in [7, 11) is 1.47. The van der Waals surface area contributed by atoms with Crippen LogP contribution in [0, 0.1) is 5.82 Å². The molecule has 2 rings (SSSR count). The summed E-state index contributed by atoms with van der Waals surface area (Å²) < 4.78 is 18.1. The first-order valence-electron chi connectivity index (χ1n) is 5.56. The lowest BCUT2D eigenvalue weighted by Gasteiger charge is -2.09. The third-order valence-electron chi connectivity index (χ3n) is 2.47. The van der Waals surface area contributed by atoms with Crippen molar-refractivity contribution in [3.05, 3.63) is 47.5 Å². The van der Waals surface area contributed by atoms with Crippen LogP contribution in [0.3, 0.4) is 0 Å². The summed E-state index contributed by atoms with van der Waals surface area (Å²) in [4.78, 5) is 18.4. The topological polar surface area (TPSA) is 64.1 Å². The summed E-state index contributed by atoms with van der Waals surface area (Å²) in [5.74, 6) is 0.511. The molecule has 0 radical (unpaired) electrons. The molecule has 2 aromatic rings. The van der Waals surface area contributed by atoms with Gasteiger partial charge in [0.2, 0.25) is 5.88 Å². The van der Waals surface area contributed by atoms with Gasteiger partial charge in [-0.05, 0) is 18.2 Å². The van der Waals surface area contributed by atoms with Crippen LogP contribution < -0.4 is 10.1 Å². The van der Waals surface area contributed by atoms with E-state index in [2.05, 4.69) is 15.3 Å². The summed E-state index contributed by atoms with van der Waals surface area (Å²) in [5.41, 5.74) is 1.08. The quantitative estimate of drug-likeness (QED) is 0.851. The molecule has 0 aliphatic rings. The molecule has 0 amide bonds. The van der Waals surface area contributed by atoms with E-state index in [9.17, 15) is 9.18 Å². The van der Waals surface area contributed by atoms with Crippen LogP contribution >= 0.6 is 0 Å². The maximum atomic E-state index is 13.1. The van der Waals surface area contributed by atoms with Crippen LogP contribution in [0.2, 0.25) is 0 Å². The molecule has 2 heterocycles. The number of ether oxygens (including phenoxy) is 1. The number of carbonyl (C=O) groups is 1. The Balaban J connectivity index is 0.00000200. The Kier molecular flexibility index (Phi) is 5.58. The van der Waals surface area contributed by atoms with Gasteiger partial charge in [0.05, 0.1) is 13.3 Å². The zero-order valence-corrected chi connectivity index (χ0v) is 10.3. The fourth-order valence-electron chi connectivity index (χ4n) is 1.54. The van der Waals surface area contributed by atoms with Crippen molar-refractivity contribution in [3.8, 4) is 5.88 Å². The second-order valence-corrected chi connectivity index (χ2v) is 3.77. The van der Waals surface area contributed by atoms with E-state index in [0.29, 0.717) is 29.4 Å². The van der Waals surface area contributed by atoms with Crippen LogP contribution in [-0.4, -0.2) is 23.4 Å². The fraction of sp³-hybridized carbons (Fsp3) is 0.214. The molecule has 0 fully saturated rings. The molecular weight excluding hydrogens is 261 g/mol. The van der Waals surface area contributed by atoms with Crippen LogP contribution in [0.1, 0.15) is 23.3 Å². The van der Waals surface area contributed by atoms with Gasteiger partial charge in [0, 0.05) is 23.9 Å². The monoisotopic (exact) mass is 277 g/mol. The van der Waals surface area contributed by atoms with Crippen molar-refractivity contribution in [3.63, 3.8) is 0 Å². The molecule has 1 N–H and O–H groups in total. The molecule has 0 aromatic carbocycles. The van der Waals surface area contributed by atoms with Crippen LogP contribution in [0.4, 0.5) is 10.2 Å². The lowest BCUT2D eigenvalue weighted by atomic mass is 10.2. The lowest BCUT2D eigenvalue weighted by Crippen LogP contribution is -2.05. The highest BCUT2D eigenvalue weighted by Crippen LogP contribution is 2.17. The van der Waals surface area contributed by atoms with E-state index in [1.165, 1.54) is 19.4 Å². The highest BCUT2D eigenvalue weighted by Gasteiger charge is 2.06. The SMILES string of the molecule is C.COc1ncc(F)cc1CNc1ccc(C=O)cn1. The standard InChI is InChI=1S/C13H12FN3O2.CH4/c1-19-13-10(4-11(14)7-17-13)6-16-12-3-2-9(8-18)5-15-12;/h2-5,7-8H,6H2,1H3,(H,15,16);1H4. The largest absolute Gasteiger partial charge is 0.481 e. The van der Waals surface area contributed by atoms with Gasteiger partial charge in [-0.15, -0.1) is 0 Å². The molecule has 0 spiro atoms. The normalized spacial score (nSPS) is 9.50. The molecule has 106 valence electrons. The minimum absolute atomic E-state index is 0. The third-order valence-corrected chi connectivity index (χ3v) is 2.47. The van der Waals surface area contributed by atoms with Gasteiger partial charge in [-0.1, -0.05) is 7.43 Å². The number of methoxy groups -OCH3 is 1. The molecule has 0 atom stereocenters. The Hall–Kier alpha value is -2.50. The molecule has 5 nitrogen and oxygen atoms in total. The molecular formula is C14H16FN3O2. The number of pyridine rings is 2. The van der Waals surface area contributed by atoms with E-state index in [1.54, 1.807) is 12.1 Å². The molecule has 0 aliphatic heterocycles. The summed E-state index contributed by atoms with van der Waals surface area (Å²) in [5, 5.41) is 3.00. The van der Waals surface area contributed by atoms with Crippen molar-refractivity contribution in [1.82, 2.24) is 9.97 Å². The van der Waals surface area contributed by atoms with Crippen LogP contribution in [0.15, 0.2) is 30.6 Å². The zero-order valence-electron chi connectivity index (χ0n) is 10.3. The summed E-state index contributed by atoms with van der Waals surface area (Å²) >= 11 is 0. The van der Waals surface area contributed by atoms with Gasteiger partial charge in [-0.3, -0.25) is 4.79 Å². The van der Waals surface area contributed by atoms with E-state index in [-0.39, 0.29) is 7.43 Å². The van der Waals surface area contributed by atoms with Gasteiger partial charge in [0.25, 0.3) is 0 Å². The predicted molar refractivity (Wildman–Crippen MR) is 74.4 cm³/mol. The number of hydrogen-bond acceptors (Lipinski definition) is 5. The number of hydrogen-bond donors (Lipinski definition) is 1. The Morgan fingerprint density at radius 2 is 2.15 bits per heavy atom. The number of rotatable bonds is 5. The smallest absolute Gasteiger partial charge is 0.218 e. The molecule has 2 aromatic heterocycles. The average molecular weight is 277 g/mol. The first-order chi connectivity index (χ1) is 9.22. The minimum atomic E-state index is -0.429. The van der Waals surface area contributed by atoms with Crippen molar-refractivity contribution < 1.29 is 13.9 Å². The third kappa shape index (κ3) is 3.74. The van der Waals surface area contributed by atoms with Crippen LogP contribution in [0.25, 0.3) is 0 Å². The van der Waals surface area contributed by atoms with Gasteiger partial charge in [-0.2, -0.15) is 0 Å². The minimum Gasteiger partial charge on any atom is -0.481 e. The first kappa shape index (κ1) is 15.6. The van der Waals surface area contributed by atoms with Crippen molar-refractivity contribution >= 4 is 12.1 Å². The van der Waals surface area contributed by atoms with Gasteiger partial charge < -0.3 is 10.1 Å². The maximum Gasteiger partial charge on any atom is 0.218 e. The van der Waals surface area contributed by atoms with Crippen molar-refractivity contribution in [2.45, 2.75) is 14.0 Å². The number of carbonyl (C=O) groups excluding carboxylic acids is 1. The van der Waals surface area contributed by atoms with Crippen molar-refractivity contribution in [2.24, 2.45) is 0 Å². The van der Waals surface area contributed by atoms with Crippen LogP contribution in [-0.2, 0) is 6.54 Å². The Morgan fingerprint density at radius 1 is 1.35 bits per heavy atom. The second-order valence-electron chi connectivity index (χ2n) is 3.77. The molecule has 6 heteroatoms. The molecule has 20 heavy (non-hydrogen) atoms. The van der Waals surface area contributed by atoms with Crippen molar-refractivity contribution in [2.75, 3.05) is 12.4 Å². The molecule has 0 bridgehead atoms. The highest BCUT2D eigenvalue weighted by atomic mass is 19.1. The van der Waals surface area contributed by atoms with E-state index in [4.69, 9.17) is 4.74 Å². The van der Waals surface area contributed by atoms with E-state index >= 15 is 0 Å². The van der Waals surface area contributed by atoms with Crippen molar-refractivity contribution in [1.29, 1.82) is 0 Å². The van der Waals surface area contributed by atoms with E-state index in [1.807, 2.05) is 0 Å². The molecule has 0 saturated heterocycles. The van der Waals surface area contributed by atoms with Gasteiger partial charge in [-0.25, -0.2) is 14.4 Å². The van der Waals surface area contributed by atoms with Crippen LogP contribution in [0.5, 0.6) is 5.88 Å². The molecule has 0 aliphatic carbocycles. The number of halogens is 1. The lowest BCUT2D eigenvalue weighted by molar-refractivity contribution is 0.112. The average Bonchev–Trinajstić information content (AvgIpc) is 2.46. The maximum absolute atomic E-state index is 13.1. The van der Waals surface area contributed by atoms with Gasteiger partial charge in [0.15, 0.2) is 6.29 Å². The van der Waals surface area contributed by atoms with Gasteiger partial charge >= 0.3 is 0 Å². The summed E-state index contributed by atoms with van der Waals surface area (Å²) in [6, 6.07) is 4.66. The zero-order chi connectivity index (χ0) is 13.7. The Labute approximate surface area is 116 Å². The van der Waals surface area contributed by atoms with Gasteiger partial charge in [0.1, 0.15) is 11.6 Å². The number of nitrogens with zero attached hydrogens (tertiary/aromatic N) is 2. The summed E-state index contributed by atoms with van der Waals surface area (Å²) in [6.45, 7) is 0.321. The number of anilines is 1. The highest BCUT2D eigenvalue weighted by molar-refractivity contribution is 5.74. The summed E-state index contributed by atoms with van der Waals surface area (Å²) in [6.07, 6.45) is 3.27. The number of aldehydes is 1. The number of aromatic nitrogens is 2. The number of nitrogens with one attached hydrogen (secondary N) is 1. The molecule has 0 unspecified atom stereocenters. The predicted octanol–water partition coefficient (Wildman–Crippen LogP) is 2.69. The second kappa shape index (κ2) is 7.18. The Bertz CT molecular complexity index is 573. The first-order valence-corrected chi connectivity index (χ1v) is 5.56. The van der Waals surface area contributed by atoms with E-state index in [0.717, 1.165) is 12.5 Å². The fourth-order valence-corrected chi connectivity index (χ4v) is 1.54. The molecule has 0 saturated carbocycles. The van der Waals surface area contributed by atoms with E-state index < -0.39 is 5.82 Å². The Morgan fingerprint density at radius 3 is 2.75 bits per heavy atom.